The van der Waals surface area contributed by atoms with E-state index in [9.17, 15) is 29.1 Å². The molecule has 3 saturated carbocycles. The van der Waals surface area contributed by atoms with E-state index >= 15 is 8.78 Å². The van der Waals surface area contributed by atoms with Gasteiger partial charge in [0.1, 0.15) is 11.7 Å². The molecule has 0 bridgehead atoms. The standard InChI is InChI=1S/C26H32F2O7.C14H19N5O4/c1-13(29)33-12-20(32)26-21(34-22(2,3)35-26)10-15-16-9-18(27)17-8-14(30)6-7-23(17,4)25(16,28)19(31)11-24(15,26)5;1-9(20)22-6-11(7-23-10(2)21)3-4-19-8-17-12-5-16-14(15)18-13(12)19/h6-8,15-16,18-19,21,31H,9-12H2,1-5H3;5,8,11H,3-4,6-7H2,1-2H3,(H2,15,16,18)/t15-,16-,18-,19-,21+,23-,24-,25-,26+;/m0./s1. The number of carbonyl (C=O) groups is 5. The lowest BCUT2D eigenvalue weighted by atomic mass is 9.44. The number of hydrogen-bond acceptors (Lipinski definition) is 15. The summed E-state index contributed by atoms with van der Waals surface area (Å²) in [4.78, 5) is 71.2. The topological polar surface area (TPSA) is 221 Å². The number of ether oxygens (including phenoxy) is 5. The Kier molecular flexibility index (Phi) is 11.5. The van der Waals surface area contributed by atoms with Crippen LogP contribution in [0.4, 0.5) is 14.7 Å². The van der Waals surface area contributed by atoms with Gasteiger partial charge in [0.05, 0.1) is 37.9 Å². The molecule has 7 rings (SSSR count). The molecule has 3 heterocycles. The number of esters is 3. The number of Topliss-reactive ketones (excluding diaryl/α,β-unsaturated/α-hetero) is 1. The summed E-state index contributed by atoms with van der Waals surface area (Å²) in [5.74, 6) is -4.90. The summed E-state index contributed by atoms with van der Waals surface area (Å²) < 4.78 is 62.2. The van der Waals surface area contributed by atoms with Crippen molar-refractivity contribution >= 4 is 46.6 Å². The SMILES string of the molecule is CC(=O)OCC(=O)[C@@]12OC(C)(C)O[C@@H]1C[C@H]1[C@@H]3C[C@H](F)C4=CC(=O)C=C[C@]4(C)[C@@]3(F)[C@@H](O)C[C@@]12C.CC(=O)OCC(CCn1cnc2cnc(N)nc21)COC(C)=O. The zero-order valence-corrected chi connectivity index (χ0v) is 33.7. The van der Waals surface area contributed by atoms with Crippen LogP contribution in [0.25, 0.3) is 11.2 Å². The van der Waals surface area contributed by atoms with Crippen LogP contribution in [-0.2, 0) is 54.2 Å². The van der Waals surface area contributed by atoms with Gasteiger partial charge in [-0.05, 0) is 70.1 Å². The number of aromatic nitrogens is 4. The second kappa shape index (κ2) is 15.5. The van der Waals surface area contributed by atoms with E-state index in [0.717, 1.165) is 6.08 Å². The first-order valence-corrected chi connectivity index (χ1v) is 19.3. The molecule has 4 aliphatic carbocycles. The predicted molar refractivity (Wildman–Crippen MR) is 200 cm³/mol. The number of anilines is 1. The number of rotatable bonds is 10. The molecule has 0 aromatic carbocycles. The molecule has 16 nitrogen and oxygen atoms in total. The number of carbonyl (C=O) groups excluding carboxylic acids is 5. The fourth-order valence-corrected chi connectivity index (χ4v) is 10.1. The number of hydrogen-bond donors (Lipinski definition) is 2. The molecule has 0 spiro atoms. The molecular formula is C40H51F2N5O11. The van der Waals surface area contributed by atoms with Crippen LogP contribution in [0.2, 0.25) is 0 Å². The molecule has 1 aliphatic heterocycles. The van der Waals surface area contributed by atoms with Crippen molar-refractivity contribution in [1.29, 1.82) is 0 Å². The highest BCUT2D eigenvalue weighted by atomic mass is 19.1. The van der Waals surface area contributed by atoms with Gasteiger partial charge in [0.25, 0.3) is 0 Å². The highest BCUT2D eigenvalue weighted by molar-refractivity contribution is 6.01. The smallest absolute Gasteiger partial charge is 0.303 e. The maximum absolute atomic E-state index is 17.3. The van der Waals surface area contributed by atoms with Crippen molar-refractivity contribution < 1.29 is 61.5 Å². The number of nitrogens with zero attached hydrogens (tertiary/aromatic N) is 4. The second-order valence-electron chi connectivity index (χ2n) is 16.8. The molecule has 1 saturated heterocycles. The number of aliphatic hydroxyl groups is 1. The molecule has 2 aromatic heterocycles. The molecule has 0 amide bonds. The molecule has 58 heavy (non-hydrogen) atoms. The Balaban J connectivity index is 0.000000214. The number of halogens is 2. The summed E-state index contributed by atoms with van der Waals surface area (Å²) >= 11 is 0. The first-order chi connectivity index (χ1) is 27.1. The van der Waals surface area contributed by atoms with Crippen LogP contribution in [0.15, 0.2) is 36.3 Å². The third-order valence-electron chi connectivity index (χ3n) is 12.6. The maximum atomic E-state index is 17.3. The van der Waals surface area contributed by atoms with Gasteiger partial charge in [-0.25, -0.2) is 18.7 Å². The minimum atomic E-state index is -2.27. The van der Waals surface area contributed by atoms with Gasteiger partial charge in [0.15, 0.2) is 35.1 Å². The molecule has 4 fully saturated rings. The summed E-state index contributed by atoms with van der Waals surface area (Å²) in [6, 6.07) is 0. The minimum absolute atomic E-state index is 0.0406. The number of imidazole rings is 1. The summed E-state index contributed by atoms with van der Waals surface area (Å²) in [5.41, 5.74) is 0.419. The average molecular weight is 816 g/mol. The Bertz CT molecular complexity index is 2040. The molecule has 18 heteroatoms. The number of nitrogens with two attached hydrogens (primary N) is 1. The van der Waals surface area contributed by atoms with Gasteiger partial charge in [0, 0.05) is 50.0 Å². The third-order valence-corrected chi connectivity index (χ3v) is 12.6. The maximum Gasteiger partial charge on any atom is 0.303 e. The lowest BCUT2D eigenvalue weighted by molar-refractivity contribution is -0.249. The van der Waals surface area contributed by atoms with Crippen molar-refractivity contribution in [3.63, 3.8) is 0 Å². The fraction of sp³-hybridized carbons (Fsp3) is 0.650. The molecule has 9 atom stereocenters. The Hall–Kier alpha value is -4.68. The van der Waals surface area contributed by atoms with Crippen molar-refractivity contribution in [2.75, 3.05) is 25.6 Å². The molecule has 0 radical (unpaired) electrons. The van der Waals surface area contributed by atoms with E-state index in [1.54, 1.807) is 33.3 Å². The van der Waals surface area contributed by atoms with E-state index in [1.807, 2.05) is 4.57 Å². The largest absolute Gasteiger partial charge is 0.465 e. The van der Waals surface area contributed by atoms with Crippen molar-refractivity contribution in [2.45, 2.75) is 116 Å². The Morgan fingerprint density at radius 2 is 1.67 bits per heavy atom. The normalized spacial score (nSPS) is 34.2. The van der Waals surface area contributed by atoms with Gasteiger partial charge < -0.3 is 39.1 Å². The van der Waals surface area contributed by atoms with Crippen LogP contribution < -0.4 is 5.73 Å². The molecule has 5 aliphatic rings. The molecule has 3 N–H and O–H groups in total. The summed E-state index contributed by atoms with van der Waals surface area (Å²) in [7, 11) is 0. The highest BCUT2D eigenvalue weighted by Gasteiger charge is 2.80. The summed E-state index contributed by atoms with van der Waals surface area (Å²) in [5, 5.41) is 11.5. The summed E-state index contributed by atoms with van der Waals surface area (Å²) in [6.07, 6.45) is 3.48. The van der Waals surface area contributed by atoms with Crippen LogP contribution in [0.1, 0.15) is 74.1 Å². The van der Waals surface area contributed by atoms with E-state index in [4.69, 9.17) is 29.4 Å². The first kappa shape index (κ1) is 42.9. The van der Waals surface area contributed by atoms with Crippen LogP contribution in [0.5, 0.6) is 0 Å². The second-order valence-corrected chi connectivity index (χ2v) is 16.8. The number of allylic oxidation sites excluding steroid dienone is 4. The molecule has 0 unspecified atom stereocenters. The monoisotopic (exact) mass is 815 g/mol. The van der Waals surface area contributed by atoms with Gasteiger partial charge in [0.2, 0.25) is 11.7 Å². The Labute approximate surface area is 333 Å². The van der Waals surface area contributed by atoms with E-state index in [1.165, 1.54) is 39.8 Å². The third kappa shape index (κ3) is 7.31. The number of alkyl halides is 2. The van der Waals surface area contributed by atoms with Crippen LogP contribution in [-0.4, -0.2) is 109 Å². The van der Waals surface area contributed by atoms with Crippen LogP contribution >= 0.6 is 0 Å². The van der Waals surface area contributed by atoms with E-state index in [2.05, 4.69) is 15.0 Å². The lowest BCUT2D eigenvalue weighted by Gasteiger charge is -2.63. The van der Waals surface area contributed by atoms with Crippen LogP contribution in [0, 0.1) is 28.6 Å². The number of nitrogen functional groups attached to an aromatic ring is 1. The van der Waals surface area contributed by atoms with Gasteiger partial charge in [-0.15, -0.1) is 0 Å². The van der Waals surface area contributed by atoms with E-state index in [0.29, 0.717) is 24.1 Å². The highest BCUT2D eigenvalue weighted by Crippen LogP contribution is 2.72. The number of aliphatic hydroxyl groups excluding tert-OH is 1. The number of ketones is 2. The predicted octanol–water partition coefficient (Wildman–Crippen LogP) is 3.48. The van der Waals surface area contributed by atoms with Crippen molar-refractivity contribution in [3.8, 4) is 0 Å². The van der Waals surface area contributed by atoms with Gasteiger partial charge in [-0.3, -0.25) is 24.0 Å². The minimum Gasteiger partial charge on any atom is -0.465 e. The van der Waals surface area contributed by atoms with E-state index in [-0.39, 0.29) is 61.9 Å². The van der Waals surface area contributed by atoms with Gasteiger partial charge in [-0.1, -0.05) is 13.0 Å². The molecule has 316 valence electrons. The van der Waals surface area contributed by atoms with Crippen LogP contribution in [0.3, 0.4) is 0 Å². The van der Waals surface area contributed by atoms with E-state index < -0.39 is 82.2 Å². The first-order valence-electron chi connectivity index (χ1n) is 19.3. The average Bonchev–Trinajstić information content (AvgIpc) is 3.74. The Morgan fingerprint density at radius 1 is 1.02 bits per heavy atom. The number of aryl methyl sites for hydroxylation is 1. The molecule has 2 aromatic rings. The van der Waals surface area contributed by atoms with Crippen molar-refractivity contribution in [2.24, 2.45) is 28.6 Å². The van der Waals surface area contributed by atoms with Gasteiger partial charge in [-0.2, -0.15) is 4.98 Å². The van der Waals surface area contributed by atoms with Crippen molar-refractivity contribution in [1.82, 2.24) is 19.5 Å². The zero-order chi connectivity index (χ0) is 42.6. The quantitative estimate of drug-likeness (QED) is 0.259. The van der Waals surface area contributed by atoms with Gasteiger partial charge >= 0.3 is 17.9 Å². The number of fused-ring (bicyclic) bond motifs is 8. The van der Waals surface area contributed by atoms with Crippen molar-refractivity contribution in [3.05, 3.63) is 36.3 Å². The molecular weight excluding hydrogens is 764 g/mol. The Morgan fingerprint density at radius 3 is 2.31 bits per heavy atom. The lowest BCUT2D eigenvalue weighted by Crippen LogP contribution is -2.71. The summed E-state index contributed by atoms with van der Waals surface area (Å²) in [6.45, 7) is 10.9. The zero-order valence-electron chi connectivity index (χ0n) is 33.7. The fourth-order valence-electron chi connectivity index (χ4n) is 10.1.